The standard InChI is InChI=1S/C7H14ClO/c1-3-5-7(9)6(8)4-2/h6-7H,3-5H2,1-2H3. The molecule has 0 amide bonds. The molecule has 0 spiro atoms. The molecule has 0 aromatic rings. The highest BCUT2D eigenvalue weighted by Crippen LogP contribution is 2.11. The predicted octanol–water partition coefficient (Wildman–Crippen LogP) is 2.60. The van der Waals surface area contributed by atoms with Crippen LogP contribution in [0, 0.1) is 0 Å². The molecule has 0 aromatic carbocycles. The molecule has 9 heavy (non-hydrogen) atoms. The molecule has 0 rings (SSSR count). The quantitative estimate of drug-likeness (QED) is 0.548. The van der Waals surface area contributed by atoms with Gasteiger partial charge in [-0.05, 0) is 12.8 Å². The molecular weight excluding hydrogens is 136 g/mol. The first-order valence-electron chi connectivity index (χ1n) is 3.52. The van der Waals surface area contributed by atoms with Crippen molar-refractivity contribution in [1.82, 2.24) is 0 Å². The summed E-state index contributed by atoms with van der Waals surface area (Å²) in [6.07, 6.45) is 1.89. The van der Waals surface area contributed by atoms with Gasteiger partial charge in [-0.2, -0.15) is 0 Å². The number of alkyl halides is 1. The lowest BCUT2D eigenvalue weighted by atomic mass is 10.1. The summed E-state index contributed by atoms with van der Waals surface area (Å²) in [6.45, 7) is 3.95. The van der Waals surface area contributed by atoms with Gasteiger partial charge in [0, 0.05) is 0 Å². The van der Waals surface area contributed by atoms with Gasteiger partial charge in [0.15, 0.2) is 0 Å². The SMILES string of the molecule is CCCC([O])C(Cl)CC. The lowest BCUT2D eigenvalue weighted by molar-refractivity contribution is 0.0757. The van der Waals surface area contributed by atoms with Crippen molar-refractivity contribution in [2.75, 3.05) is 0 Å². The lowest BCUT2D eigenvalue weighted by Gasteiger charge is -2.10. The molecule has 0 saturated carbocycles. The summed E-state index contributed by atoms with van der Waals surface area (Å²) in [7, 11) is 0. The average molecular weight is 150 g/mol. The number of hydrogen-bond acceptors (Lipinski definition) is 0. The molecule has 2 atom stereocenters. The summed E-state index contributed by atoms with van der Waals surface area (Å²) in [5, 5.41) is 10.8. The first kappa shape index (κ1) is 9.25. The van der Waals surface area contributed by atoms with E-state index in [0.717, 1.165) is 12.8 Å². The van der Waals surface area contributed by atoms with Crippen LogP contribution in [0.5, 0.6) is 0 Å². The Hall–Kier alpha value is 0.250. The number of rotatable bonds is 4. The van der Waals surface area contributed by atoms with Crippen LogP contribution < -0.4 is 0 Å². The van der Waals surface area contributed by atoms with Crippen LogP contribution in [0.1, 0.15) is 33.1 Å². The molecule has 1 radical (unpaired) electrons. The van der Waals surface area contributed by atoms with Gasteiger partial charge in [-0.1, -0.05) is 20.3 Å². The van der Waals surface area contributed by atoms with E-state index in [-0.39, 0.29) is 5.38 Å². The third kappa shape index (κ3) is 3.77. The lowest BCUT2D eigenvalue weighted by Crippen LogP contribution is -2.17. The normalized spacial score (nSPS) is 17.3. The molecule has 1 nitrogen and oxygen atoms in total. The molecule has 0 heterocycles. The predicted molar refractivity (Wildman–Crippen MR) is 39.3 cm³/mol. The molecule has 2 heteroatoms. The summed E-state index contributed by atoms with van der Waals surface area (Å²) in [4.78, 5) is 0. The monoisotopic (exact) mass is 149 g/mol. The summed E-state index contributed by atoms with van der Waals surface area (Å²) in [5.41, 5.74) is 0. The third-order valence-electron chi connectivity index (χ3n) is 1.37. The van der Waals surface area contributed by atoms with Crippen molar-refractivity contribution in [2.45, 2.75) is 44.6 Å². The highest BCUT2D eigenvalue weighted by molar-refractivity contribution is 6.20. The number of halogens is 1. The first-order valence-corrected chi connectivity index (χ1v) is 3.95. The van der Waals surface area contributed by atoms with Crippen molar-refractivity contribution in [1.29, 1.82) is 0 Å². The zero-order valence-electron chi connectivity index (χ0n) is 6.06. The van der Waals surface area contributed by atoms with E-state index in [1.807, 2.05) is 13.8 Å². The van der Waals surface area contributed by atoms with Gasteiger partial charge in [0.05, 0.1) is 5.38 Å². The Morgan fingerprint density at radius 1 is 1.44 bits per heavy atom. The maximum Gasteiger partial charge on any atom is 0.109 e. The second kappa shape index (κ2) is 5.07. The molecule has 0 fully saturated rings. The largest absolute Gasteiger partial charge is 0.231 e. The molecular formula is C7H14ClO. The Balaban J connectivity index is 3.32. The van der Waals surface area contributed by atoms with Crippen molar-refractivity contribution < 1.29 is 5.11 Å². The van der Waals surface area contributed by atoms with Crippen molar-refractivity contribution in [3.8, 4) is 0 Å². The number of hydrogen-bond donors (Lipinski definition) is 0. The van der Waals surface area contributed by atoms with Gasteiger partial charge in [0.2, 0.25) is 0 Å². The molecule has 0 saturated heterocycles. The van der Waals surface area contributed by atoms with Gasteiger partial charge in [0.25, 0.3) is 0 Å². The summed E-state index contributed by atoms with van der Waals surface area (Å²) in [5.74, 6) is 0. The third-order valence-corrected chi connectivity index (χ3v) is 1.96. The minimum Gasteiger partial charge on any atom is -0.231 e. The molecule has 0 aliphatic heterocycles. The van der Waals surface area contributed by atoms with Crippen LogP contribution in [0.4, 0.5) is 0 Å². The Morgan fingerprint density at radius 3 is 2.33 bits per heavy atom. The topological polar surface area (TPSA) is 19.9 Å². The summed E-state index contributed by atoms with van der Waals surface area (Å²) < 4.78 is 0. The van der Waals surface area contributed by atoms with E-state index >= 15 is 0 Å². The molecule has 55 valence electrons. The fourth-order valence-corrected chi connectivity index (χ4v) is 0.854. The smallest absolute Gasteiger partial charge is 0.109 e. The van der Waals surface area contributed by atoms with E-state index in [1.54, 1.807) is 0 Å². The van der Waals surface area contributed by atoms with E-state index in [0.29, 0.717) is 6.42 Å². The molecule has 0 aliphatic rings. The minimum absolute atomic E-state index is 0.162. The second-order valence-corrected chi connectivity index (χ2v) is 2.81. The van der Waals surface area contributed by atoms with Crippen molar-refractivity contribution in [2.24, 2.45) is 0 Å². The van der Waals surface area contributed by atoms with Gasteiger partial charge in [-0.25, -0.2) is 5.11 Å². The van der Waals surface area contributed by atoms with E-state index in [9.17, 15) is 5.11 Å². The summed E-state index contributed by atoms with van der Waals surface area (Å²) in [6, 6.07) is 0. The highest BCUT2D eigenvalue weighted by atomic mass is 35.5. The van der Waals surface area contributed by atoms with Crippen LogP contribution in [-0.4, -0.2) is 11.5 Å². The van der Waals surface area contributed by atoms with Crippen molar-refractivity contribution in [3.05, 3.63) is 0 Å². The maximum atomic E-state index is 10.9. The van der Waals surface area contributed by atoms with Crippen LogP contribution in [0.2, 0.25) is 0 Å². The van der Waals surface area contributed by atoms with Crippen molar-refractivity contribution in [3.63, 3.8) is 0 Å². The fraction of sp³-hybridized carbons (Fsp3) is 1.00. The molecule has 0 aliphatic carbocycles. The Labute approximate surface area is 62.0 Å². The Kier molecular flexibility index (Phi) is 5.21. The molecule has 2 unspecified atom stereocenters. The van der Waals surface area contributed by atoms with Crippen LogP contribution in [-0.2, 0) is 5.11 Å². The van der Waals surface area contributed by atoms with Crippen molar-refractivity contribution >= 4 is 11.6 Å². The van der Waals surface area contributed by atoms with E-state index in [2.05, 4.69) is 0 Å². The van der Waals surface area contributed by atoms with Crippen LogP contribution >= 0.6 is 11.6 Å². The van der Waals surface area contributed by atoms with Gasteiger partial charge >= 0.3 is 0 Å². The molecule has 0 aromatic heterocycles. The zero-order chi connectivity index (χ0) is 7.28. The second-order valence-electron chi connectivity index (χ2n) is 2.25. The van der Waals surface area contributed by atoms with Gasteiger partial charge in [-0.3, -0.25) is 0 Å². The molecule has 0 N–H and O–H groups in total. The Morgan fingerprint density at radius 2 is 2.00 bits per heavy atom. The van der Waals surface area contributed by atoms with Crippen LogP contribution in [0.15, 0.2) is 0 Å². The highest BCUT2D eigenvalue weighted by Gasteiger charge is 2.13. The van der Waals surface area contributed by atoms with E-state index in [1.165, 1.54) is 0 Å². The van der Waals surface area contributed by atoms with Crippen LogP contribution in [0.3, 0.4) is 0 Å². The molecule has 0 bridgehead atoms. The van der Waals surface area contributed by atoms with Crippen LogP contribution in [0.25, 0.3) is 0 Å². The average Bonchev–Trinajstić information content (AvgIpc) is 1.87. The van der Waals surface area contributed by atoms with Gasteiger partial charge in [0.1, 0.15) is 6.10 Å². The minimum atomic E-state index is -0.554. The maximum absolute atomic E-state index is 10.9. The first-order chi connectivity index (χ1) is 4.22. The summed E-state index contributed by atoms with van der Waals surface area (Å²) >= 11 is 5.68. The fourth-order valence-electron chi connectivity index (χ4n) is 0.728. The van der Waals surface area contributed by atoms with Gasteiger partial charge < -0.3 is 0 Å². The van der Waals surface area contributed by atoms with Gasteiger partial charge in [-0.15, -0.1) is 11.6 Å². The zero-order valence-corrected chi connectivity index (χ0v) is 6.82. The van der Waals surface area contributed by atoms with E-state index < -0.39 is 6.10 Å². The van der Waals surface area contributed by atoms with E-state index in [4.69, 9.17) is 11.6 Å². The Bertz CT molecular complexity index is 65.9.